The molecule has 0 saturated heterocycles. The van der Waals surface area contributed by atoms with Crippen LogP contribution in [0.25, 0.3) is 0 Å². The maximum Gasteiger partial charge on any atom is 0.0514 e. The first kappa shape index (κ1) is 14.7. The van der Waals surface area contributed by atoms with Gasteiger partial charge in [-0.25, -0.2) is 0 Å². The van der Waals surface area contributed by atoms with E-state index in [2.05, 4.69) is 31.4 Å². The molecule has 3 heteroatoms. The molecule has 2 nitrogen and oxygen atoms in total. The molecule has 1 aromatic heterocycles. The summed E-state index contributed by atoms with van der Waals surface area (Å²) >= 11 is 1.80. The molecular formula is C14H25NOS. The van der Waals surface area contributed by atoms with Gasteiger partial charge in [0.25, 0.3) is 0 Å². The van der Waals surface area contributed by atoms with Gasteiger partial charge in [0, 0.05) is 17.9 Å². The fourth-order valence-corrected chi connectivity index (χ4v) is 2.33. The smallest absolute Gasteiger partial charge is 0.0514 e. The second-order valence-corrected chi connectivity index (χ2v) is 6.30. The molecule has 98 valence electrons. The zero-order valence-corrected chi connectivity index (χ0v) is 11.9. The molecule has 17 heavy (non-hydrogen) atoms. The van der Waals surface area contributed by atoms with E-state index in [0.29, 0.717) is 0 Å². The van der Waals surface area contributed by atoms with E-state index in [1.807, 2.05) is 0 Å². The average Bonchev–Trinajstić information content (AvgIpc) is 2.81. The van der Waals surface area contributed by atoms with Crippen LogP contribution in [0.3, 0.4) is 0 Å². The van der Waals surface area contributed by atoms with Crippen LogP contribution in [0.4, 0.5) is 0 Å². The maximum atomic E-state index is 5.69. The zero-order valence-electron chi connectivity index (χ0n) is 11.1. The van der Waals surface area contributed by atoms with Crippen LogP contribution in [0.15, 0.2) is 17.5 Å². The van der Waals surface area contributed by atoms with Gasteiger partial charge < -0.3 is 10.5 Å². The SMILES string of the molecule is CC(C)(CN)CCCCOCCc1cccs1. The molecule has 1 aromatic rings. The lowest BCUT2D eigenvalue weighted by molar-refractivity contribution is 0.130. The minimum atomic E-state index is 0.289. The summed E-state index contributed by atoms with van der Waals surface area (Å²) < 4.78 is 5.63. The third-order valence-electron chi connectivity index (χ3n) is 3.02. The van der Waals surface area contributed by atoms with Crippen molar-refractivity contribution in [1.82, 2.24) is 0 Å². The fraction of sp³-hybridized carbons (Fsp3) is 0.714. The Morgan fingerprint density at radius 2 is 2.12 bits per heavy atom. The number of nitrogens with two attached hydrogens (primary N) is 1. The van der Waals surface area contributed by atoms with Crippen molar-refractivity contribution in [2.24, 2.45) is 11.1 Å². The fourth-order valence-electron chi connectivity index (χ4n) is 1.64. The van der Waals surface area contributed by atoms with Gasteiger partial charge in [0.2, 0.25) is 0 Å². The molecule has 0 radical (unpaired) electrons. The van der Waals surface area contributed by atoms with Gasteiger partial charge in [-0.15, -0.1) is 11.3 Å². The lowest BCUT2D eigenvalue weighted by atomic mass is 9.87. The first-order valence-corrected chi connectivity index (χ1v) is 7.32. The molecule has 0 aliphatic carbocycles. The quantitative estimate of drug-likeness (QED) is 0.686. The van der Waals surface area contributed by atoms with Crippen LogP contribution in [0, 0.1) is 5.41 Å². The molecule has 0 saturated carbocycles. The number of thiophene rings is 1. The van der Waals surface area contributed by atoms with Crippen molar-refractivity contribution in [3.8, 4) is 0 Å². The van der Waals surface area contributed by atoms with Crippen LogP contribution < -0.4 is 5.73 Å². The van der Waals surface area contributed by atoms with E-state index in [1.165, 1.54) is 17.7 Å². The third kappa shape index (κ3) is 6.81. The van der Waals surface area contributed by atoms with E-state index in [1.54, 1.807) is 11.3 Å². The van der Waals surface area contributed by atoms with Gasteiger partial charge in [0.15, 0.2) is 0 Å². The number of rotatable bonds is 9. The molecule has 0 amide bonds. The largest absolute Gasteiger partial charge is 0.381 e. The van der Waals surface area contributed by atoms with E-state index in [0.717, 1.165) is 32.6 Å². The molecule has 0 aromatic carbocycles. The summed E-state index contributed by atoms with van der Waals surface area (Å²) in [4.78, 5) is 1.41. The average molecular weight is 255 g/mol. The van der Waals surface area contributed by atoms with E-state index in [4.69, 9.17) is 10.5 Å². The van der Waals surface area contributed by atoms with Crippen molar-refractivity contribution >= 4 is 11.3 Å². The topological polar surface area (TPSA) is 35.2 Å². The van der Waals surface area contributed by atoms with Gasteiger partial charge in [0.1, 0.15) is 0 Å². The Morgan fingerprint density at radius 1 is 1.29 bits per heavy atom. The highest BCUT2D eigenvalue weighted by Crippen LogP contribution is 2.21. The van der Waals surface area contributed by atoms with Gasteiger partial charge in [-0.05, 0) is 36.2 Å². The first-order valence-electron chi connectivity index (χ1n) is 6.44. The number of ether oxygens (including phenoxy) is 1. The van der Waals surface area contributed by atoms with Crippen molar-refractivity contribution in [3.63, 3.8) is 0 Å². The lowest BCUT2D eigenvalue weighted by Gasteiger charge is -2.21. The predicted molar refractivity (Wildman–Crippen MR) is 75.5 cm³/mol. The summed E-state index contributed by atoms with van der Waals surface area (Å²) in [6, 6.07) is 4.26. The van der Waals surface area contributed by atoms with Gasteiger partial charge >= 0.3 is 0 Å². The van der Waals surface area contributed by atoms with Crippen LogP contribution in [-0.4, -0.2) is 19.8 Å². The number of hydrogen-bond acceptors (Lipinski definition) is 3. The van der Waals surface area contributed by atoms with Crippen LogP contribution >= 0.6 is 11.3 Å². The third-order valence-corrected chi connectivity index (χ3v) is 3.95. The van der Waals surface area contributed by atoms with Crippen molar-refractivity contribution in [3.05, 3.63) is 22.4 Å². The molecule has 1 heterocycles. The van der Waals surface area contributed by atoms with E-state index >= 15 is 0 Å². The van der Waals surface area contributed by atoms with Crippen LogP contribution in [-0.2, 0) is 11.2 Å². The Balaban J connectivity index is 1.91. The van der Waals surface area contributed by atoms with Crippen molar-refractivity contribution < 1.29 is 4.74 Å². The molecule has 0 unspecified atom stereocenters. The summed E-state index contributed by atoms with van der Waals surface area (Å²) in [7, 11) is 0. The van der Waals surface area contributed by atoms with Gasteiger partial charge in [-0.2, -0.15) is 0 Å². The molecule has 0 spiro atoms. The lowest BCUT2D eigenvalue weighted by Crippen LogP contribution is -2.23. The molecule has 0 aliphatic heterocycles. The Labute approximate surface area is 109 Å². The Hall–Kier alpha value is -0.380. The number of unbranched alkanes of at least 4 members (excludes halogenated alkanes) is 1. The Morgan fingerprint density at radius 3 is 2.76 bits per heavy atom. The second kappa shape index (κ2) is 7.85. The minimum absolute atomic E-state index is 0.289. The van der Waals surface area contributed by atoms with Gasteiger partial charge in [-0.3, -0.25) is 0 Å². The highest BCUT2D eigenvalue weighted by atomic mass is 32.1. The van der Waals surface area contributed by atoms with Gasteiger partial charge in [0.05, 0.1) is 6.61 Å². The van der Waals surface area contributed by atoms with Crippen molar-refractivity contribution in [2.45, 2.75) is 39.5 Å². The summed E-state index contributed by atoms with van der Waals surface area (Å²) in [5.41, 5.74) is 5.98. The Bertz CT molecular complexity index is 282. The van der Waals surface area contributed by atoms with Crippen molar-refractivity contribution in [2.75, 3.05) is 19.8 Å². The molecular weight excluding hydrogens is 230 g/mol. The molecule has 0 aliphatic rings. The monoisotopic (exact) mass is 255 g/mol. The van der Waals surface area contributed by atoms with E-state index in [-0.39, 0.29) is 5.41 Å². The van der Waals surface area contributed by atoms with E-state index in [9.17, 15) is 0 Å². The molecule has 0 bridgehead atoms. The summed E-state index contributed by atoms with van der Waals surface area (Å²) in [6.07, 6.45) is 4.60. The highest BCUT2D eigenvalue weighted by molar-refractivity contribution is 7.09. The first-order chi connectivity index (χ1) is 8.14. The Kier molecular flexibility index (Phi) is 6.78. The molecule has 2 N–H and O–H groups in total. The number of hydrogen-bond donors (Lipinski definition) is 1. The van der Waals surface area contributed by atoms with Crippen LogP contribution in [0.5, 0.6) is 0 Å². The minimum Gasteiger partial charge on any atom is -0.381 e. The maximum absolute atomic E-state index is 5.69. The van der Waals surface area contributed by atoms with Crippen LogP contribution in [0.1, 0.15) is 38.0 Å². The highest BCUT2D eigenvalue weighted by Gasteiger charge is 2.14. The summed E-state index contributed by atoms with van der Waals surface area (Å²) in [6.45, 7) is 6.95. The summed E-state index contributed by atoms with van der Waals surface area (Å²) in [5, 5.41) is 2.12. The van der Waals surface area contributed by atoms with Crippen LogP contribution in [0.2, 0.25) is 0 Å². The zero-order chi connectivity index (χ0) is 12.6. The second-order valence-electron chi connectivity index (χ2n) is 5.27. The normalized spacial score (nSPS) is 11.9. The summed E-state index contributed by atoms with van der Waals surface area (Å²) in [5.74, 6) is 0. The molecule has 1 rings (SSSR count). The van der Waals surface area contributed by atoms with Gasteiger partial charge in [-0.1, -0.05) is 26.3 Å². The van der Waals surface area contributed by atoms with Crippen molar-refractivity contribution in [1.29, 1.82) is 0 Å². The van der Waals surface area contributed by atoms with E-state index < -0.39 is 0 Å². The molecule has 0 atom stereocenters. The standard InChI is InChI=1S/C14H25NOS/c1-14(2,12-15)8-3-4-9-16-10-7-13-6-5-11-17-13/h5-6,11H,3-4,7-10,12,15H2,1-2H3. The predicted octanol–water partition coefficient (Wildman–Crippen LogP) is 3.46. The molecule has 0 fully saturated rings.